The average molecular weight is 834 g/mol. The summed E-state index contributed by atoms with van der Waals surface area (Å²) in [5, 5.41) is 23.0. The molecule has 0 aliphatic heterocycles. The van der Waals surface area contributed by atoms with Gasteiger partial charge in [-0.1, -0.05) is 240 Å². The molecule has 0 bridgehead atoms. The number of unbranched alkanes of at least 4 members (excludes halogenated alkanes) is 27. The van der Waals surface area contributed by atoms with Gasteiger partial charge in [0.2, 0.25) is 5.91 Å². The van der Waals surface area contributed by atoms with E-state index >= 15 is 0 Å². The van der Waals surface area contributed by atoms with Gasteiger partial charge in [0, 0.05) is 6.42 Å². The van der Waals surface area contributed by atoms with E-state index in [1.165, 1.54) is 141 Å². The number of aliphatic hydroxyl groups is 2. The van der Waals surface area contributed by atoms with E-state index in [9.17, 15) is 15.0 Å². The highest BCUT2D eigenvalue weighted by Crippen LogP contribution is 2.16. The summed E-state index contributed by atoms with van der Waals surface area (Å²) in [6.07, 6.45) is 74.5. The molecule has 1 amide bonds. The second-order valence-electron chi connectivity index (χ2n) is 17.2. The van der Waals surface area contributed by atoms with Crippen molar-refractivity contribution in [1.29, 1.82) is 0 Å². The van der Waals surface area contributed by atoms with Crippen LogP contribution in [-0.2, 0) is 4.79 Å². The smallest absolute Gasteiger partial charge is 0.220 e. The minimum absolute atomic E-state index is 0.103. The van der Waals surface area contributed by atoms with Crippen LogP contribution in [0.5, 0.6) is 0 Å². The van der Waals surface area contributed by atoms with Gasteiger partial charge in [-0.3, -0.25) is 4.79 Å². The molecule has 0 aromatic heterocycles. The van der Waals surface area contributed by atoms with Crippen LogP contribution in [-0.4, -0.2) is 34.9 Å². The van der Waals surface area contributed by atoms with Crippen molar-refractivity contribution in [3.8, 4) is 0 Å². The second kappa shape index (κ2) is 50.9. The predicted molar refractivity (Wildman–Crippen MR) is 267 cm³/mol. The third-order valence-electron chi connectivity index (χ3n) is 11.3. The summed E-state index contributed by atoms with van der Waals surface area (Å²) in [7, 11) is 0. The molecule has 0 aromatic carbocycles. The third kappa shape index (κ3) is 46.6. The van der Waals surface area contributed by atoms with Crippen LogP contribution in [0.1, 0.15) is 245 Å². The van der Waals surface area contributed by atoms with Gasteiger partial charge in [0.25, 0.3) is 0 Å². The fourth-order valence-corrected chi connectivity index (χ4v) is 7.44. The van der Waals surface area contributed by atoms with Crippen LogP contribution < -0.4 is 5.32 Å². The highest BCUT2D eigenvalue weighted by Gasteiger charge is 2.17. The van der Waals surface area contributed by atoms with Crippen molar-refractivity contribution in [3.05, 3.63) is 85.1 Å². The first-order valence-electron chi connectivity index (χ1n) is 25.8. The molecule has 2 unspecified atom stereocenters. The Balaban J connectivity index is 3.61. The zero-order valence-corrected chi connectivity index (χ0v) is 39.7. The second-order valence-corrected chi connectivity index (χ2v) is 17.2. The Morgan fingerprint density at radius 2 is 0.750 bits per heavy atom. The normalized spacial score (nSPS) is 13.6. The molecule has 0 rings (SSSR count). The van der Waals surface area contributed by atoms with Gasteiger partial charge in [-0.15, -0.1) is 0 Å². The molecular formula is C56H99NO3. The van der Waals surface area contributed by atoms with Gasteiger partial charge in [-0.05, 0) is 83.5 Å². The Labute approximate surface area is 373 Å². The van der Waals surface area contributed by atoms with Crippen molar-refractivity contribution >= 4 is 5.91 Å². The molecule has 0 aromatic rings. The Bertz CT molecular complexity index is 1080. The fourth-order valence-electron chi connectivity index (χ4n) is 7.44. The Hall–Kier alpha value is -2.43. The molecule has 60 heavy (non-hydrogen) atoms. The Kier molecular flexibility index (Phi) is 48.9. The molecule has 0 heterocycles. The molecule has 0 fully saturated rings. The Morgan fingerprint density at radius 1 is 0.417 bits per heavy atom. The van der Waals surface area contributed by atoms with Crippen LogP contribution in [0.4, 0.5) is 0 Å². The van der Waals surface area contributed by atoms with Gasteiger partial charge >= 0.3 is 0 Å². The highest BCUT2D eigenvalue weighted by molar-refractivity contribution is 5.76. The number of aliphatic hydroxyl groups excluding tert-OH is 2. The van der Waals surface area contributed by atoms with Crippen LogP contribution >= 0.6 is 0 Å². The molecule has 4 nitrogen and oxygen atoms in total. The maximum atomic E-state index is 12.4. The van der Waals surface area contributed by atoms with E-state index in [0.717, 1.165) is 83.5 Å². The quantitative estimate of drug-likeness (QED) is 0.0423. The SMILES string of the molecule is CC/C=C\C/C=C\C/C=C\C/C=C\CCCCCCC(=O)NC(CO)C(O)/C=C/CC/C=C/CC/C=C/CCCCCCCCCCCCCCCCCCCCCCC. The summed E-state index contributed by atoms with van der Waals surface area (Å²) in [6, 6.07) is -0.664. The van der Waals surface area contributed by atoms with Crippen LogP contribution in [0.15, 0.2) is 85.1 Å². The van der Waals surface area contributed by atoms with E-state index in [1.54, 1.807) is 6.08 Å². The molecule has 0 saturated carbocycles. The zero-order valence-electron chi connectivity index (χ0n) is 39.7. The zero-order chi connectivity index (χ0) is 43.5. The van der Waals surface area contributed by atoms with Crippen molar-refractivity contribution in [2.24, 2.45) is 0 Å². The van der Waals surface area contributed by atoms with Gasteiger partial charge in [0.15, 0.2) is 0 Å². The van der Waals surface area contributed by atoms with E-state index < -0.39 is 12.1 Å². The molecule has 0 spiro atoms. The molecular weight excluding hydrogens is 735 g/mol. The van der Waals surface area contributed by atoms with Crippen LogP contribution in [0.3, 0.4) is 0 Å². The summed E-state index contributed by atoms with van der Waals surface area (Å²) in [6.45, 7) is 4.17. The monoisotopic (exact) mass is 834 g/mol. The highest BCUT2D eigenvalue weighted by atomic mass is 16.3. The fraction of sp³-hybridized carbons (Fsp3) is 0.732. The molecule has 0 radical (unpaired) electrons. The van der Waals surface area contributed by atoms with Crippen LogP contribution in [0.2, 0.25) is 0 Å². The number of carbonyl (C=O) groups is 1. The summed E-state index contributed by atoms with van der Waals surface area (Å²) in [5.41, 5.74) is 0. The molecule has 3 N–H and O–H groups in total. The molecule has 0 aliphatic rings. The lowest BCUT2D eigenvalue weighted by Crippen LogP contribution is -2.45. The van der Waals surface area contributed by atoms with Gasteiger partial charge in [-0.25, -0.2) is 0 Å². The van der Waals surface area contributed by atoms with Crippen LogP contribution in [0.25, 0.3) is 0 Å². The van der Waals surface area contributed by atoms with Gasteiger partial charge < -0.3 is 15.5 Å². The van der Waals surface area contributed by atoms with Crippen LogP contribution in [0, 0.1) is 0 Å². The number of hydrogen-bond donors (Lipinski definition) is 3. The third-order valence-corrected chi connectivity index (χ3v) is 11.3. The summed E-state index contributed by atoms with van der Waals surface area (Å²) in [5.74, 6) is -0.103. The van der Waals surface area contributed by atoms with Gasteiger partial charge in [-0.2, -0.15) is 0 Å². The number of carbonyl (C=O) groups excluding carboxylic acids is 1. The lowest BCUT2D eigenvalue weighted by Gasteiger charge is -2.19. The van der Waals surface area contributed by atoms with Crippen molar-refractivity contribution in [2.45, 2.75) is 257 Å². The van der Waals surface area contributed by atoms with E-state index in [4.69, 9.17) is 0 Å². The summed E-state index contributed by atoms with van der Waals surface area (Å²) in [4.78, 5) is 12.4. The van der Waals surface area contributed by atoms with Gasteiger partial charge in [0.1, 0.15) is 0 Å². The molecule has 0 aliphatic carbocycles. The lowest BCUT2D eigenvalue weighted by atomic mass is 10.0. The molecule has 2 atom stereocenters. The maximum Gasteiger partial charge on any atom is 0.220 e. The first-order chi connectivity index (χ1) is 29.7. The minimum atomic E-state index is -0.886. The average Bonchev–Trinajstić information content (AvgIpc) is 3.25. The maximum absolute atomic E-state index is 12.4. The minimum Gasteiger partial charge on any atom is -0.394 e. The largest absolute Gasteiger partial charge is 0.394 e. The number of amides is 1. The van der Waals surface area contributed by atoms with Crippen molar-refractivity contribution < 1.29 is 15.0 Å². The van der Waals surface area contributed by atoms with Crippen molar-refractivity contribution in [2.75, 3.05) is 6.61 Å². The topological polar surface area (TPSA) is 69.6 Å². The summed E-state index contributed by atoms with van der Waals surface area (Å²) >= 11 is 0. The predicted octanol–water partition coefficient (Wildman–Crippen LogP) is 16.8. The van der Waals surface area contributed by atoms with Crippen molar-refractivity contribution in [1.82, 2.24) is 5.32 Å². The molecule has 346 valence electrons. The van der Waals surface area contributed by atoms with E-state index in [0.29, 0.717) is 6.42 Å². The van der Waals surface area contributed by atoms with E-state index in [2.05, 4.69) is 92.1 Å². The standard InChI is InChI=1S/C56H99NO3/c1-3-5-7-9-11-13-15-17-19-21-22-23-24-25-26-27-28-29-30-31-32-33-34-36-37-39-41-43-45-47-49-51-55(59)54(53-58)57-56(60)52-50-48-46-44-42-40-38-35-20-18-16-14-12-10-8-6-4-2/h6,8,12,14,18,20,34,36,38,40-41,43,49,51,54-55,58-59H,3-5,7,9-11,13,15-17,19,21-33,35,37,39,42,44-48,50,52-53H2,1-2H3,(H,57,60)/b8-6-,14-12-,20-18-,36-34+,40-38-,43-41+,51-49+. The number of nitrogens with one attached hydrogen (secondary N) is 1. The van der Waals surface area contributed by atoms with Crippen molar-refractivity contribution in [3.63, 3.8) is 0 Å². The molecule has 0 saturated heterocycles. The number of hydrogen-bond acceptors (Lipinski definition) is 3. The van der Waals surface area contributed by atoms with E-state index in [-0.39, 0.29) is 12.5 Å². The summed E-state index contributed by atoms with van der Waals surface area (Å²) < 4.78 is 0. The molecule has 4 heteroatoms. The first kappa shape index (κ1) is 57.6. The number of allylic oxidation sites excluding steroid dienone is 13. The Morgan fingerprint density at radius 3 is 1.17 bits per heavy atom. The van der Waals surface area contributed by atoms with E-state index in [1.807, 2.05) is 6.08 Å². The lowest BCUT2D eigenvalue weighted by molar-refractivity contribution is -0.123. The number of rotatable bonds is 46. The van der Waals surface area contributed by atoms with Gasteiger partial charge in [0.05, 0.1) is 18.8 Å². The first-order valence-corrected chi connectivity index (χ1v) is 25.8.